The summed E-state index contributed by atoms with van der Waals surface area (Å²) in [6, 6.07) is 6.60. The smallest absolute Gasteiger partial charge is 0.408 e. The zero-order chi connectivity index (χ0) is 16.7. The van der Waals surface area contributed by atoms with Gasteiger partial charge in [-0.1, -0.05) is 11.6 Å². The number of piperidine rings is 1. The number of halogens is 1. The molecule has 24 heavy (non-hydrogen) atoms. The van der Waals surface area contributed by atoms with Crippen LogP contribution in [0.1, 0.15) is 29.4 Å². The van der Waals surface area contributed by atoms with E-state index in [1.165, 1.54) is 0 Å². The first-order valence-electron chi connectivity index (χ1n) is 7.73. The van der Waals surface area contributed by atoms with E-state index < -0.39 is 5.76 Å². The number of rotatable bonds is 2. The number of fused-ring (bicyclic) bond motifs is 1. The summed E-state index contributed by atoms with van der Waals surface area (Å²) >= 11 is 6.05. The lowest BCUT2D eigenvalue weighted by atomic mass is 10.0. The van der Waals surface area contributed by atoms with Crippen LogP contribution in [0.3, 0.4) is 0 Å². The fourth-order valence-electron chi connectivity index (χ4n) is 3.25. The second-order valence-electron chi connectivity index (χ2n) is 5.87. The number of amides is 1. The van der Waals surface area contributed by atoms with Gasteiger partial charge in [0, 0.05) is 24.3 Å². The fourth-order valence-corrected chi connectivity index (χ4v) is 3.41. The summed E-state index contributed by atoms with van der Waals surface area (Å²) in [6.07, 6.45) is 3.16. The number of aromatic amines is 1. The Hall–Kier alpha value is -2.54. The number of H-pyrrole nitrogens is 1. The van der Waals surface area contributed by atoms with E-state index in [-0.39, 0.29) is 11.9 Å². The zero-order valence-corrected chi connectivity index (χ0v) is 13.5. The van der Waals surface area contributed by atoms with E-state index in [4.69, 9.17) is 16.0 Å². The van der Waals surface area contributed by atoms with E-state index in [1.54, 1.807) is 39.9 Å². The predicted octanol–water partition coefficient (Wildman–Crippen LogP) is 2.45. The molecule has 0 unspecified atom stereocenters. The first-order valence-corrected chi connectivity index (χ1v) is 8.10. The van der Waals surface area contributed by atoms with Crippen molar-refractivity contribution < 1.29 is 9.21 Å². The SMILES string of the molecule is O=C(c1ccn[nH]1)N1CCC[C@H](n2c(=O)oc3ccc(Cl)cc32)C1. The normalized spacial score (nSPS) is 18.2. The molecule has 1 saturated heterocycles. The van der Waals surface area contributed by atoms with Gasteiger partial charge in [0.15, 0.2) is 5.58 Å². The Morgan fingerprint density at radius 3 is 3.04 bits per heavy atom. The third kappa shape index (κ3) is 2.50. The van der Waals surface area contributed by atoms with Gasteiger partial charge in [0.1, 0.15) is 5.69 Å². The molecule has 0 spiro atoms. The maximum absolute atomic E-state index is 12.5. The Labute approximate surface area is 141 Å². The average Bonchev–Trinajstić information content (AvgIpc) is 3.21. The molecular weight excluding hydrogens is 332 g/mol. The summed E-state index contributed by atoms with van der Waals surface area (Å²) in [7, 11) is 0. The Bertz CT molecular complexity index is 944. The Kier molecular flexibility index (Phi) is 3.65. The van der Waals surface area contributed by atoms with Crippen molar-refractivity contribution in [1.82, 2.24) is 19.7 Å². The van der Waals surface area contributed by atoms with E-state index in [9.17, 15) is 9.59 Å². The minimum atomic E-state index is -0.423. The van der Waals surface area contributed by atoms with E-state index in [1.807, 2.05) is 0 Å². The number of carbonyl (C=O) groups is 1. The molecule has 124 valence electrons. The summed E-state index contributed by atoms with van der Waals surface area (Å²) in [6.45, 7) is 1.10. The summed E-state index contributed by atoms with van der Waals surface area (Å²) in [5.41, 5.74) is 1.61. The highest BCUT2D eigenvalue weighted by Gasteiger charge is 2.28. The number of likely N-dealkylation sites (tertiary alicyclic amines) is 1. The van der Waals surface area contributed by atoms with Gasteiger partial charge in [0.05, 0.1) is 11.6 Å². The molecule has 2 aromatic heterocycles. The fraction of sp³-hybridized carbons (Fsp3) is 0.312. The van der Waals surface area contributed by atoms with Gasteiger partial charge in [0.2, 0.25) is 0 Å². The van der Waals surface area contributed by atoms with Crippen molar-refractivity contribution in [3.8, 4) is 0 Å². The van der Waals surface area contributed by atoms with Crippen LogP contribution in [0.15, 0.2) is 39.7 Å². The van der Waals surface area contributed by atoms with Gasteiger partial charge in [0.25, 0.3) is 5.91 Å². The standard InChI is InChI=1S/C16H15ClN4O3/c17-10-3-4-14-13(8-10)21(16(23)24-14)11-2-1-7-20(9-11)15(22)12-5-6-18-19-12/h3-6,8,11H,1-2,7,9H2,(H,18,19)/t11-/m0/s1. The molecule has 1 aliphatic rings. The monoisotopic (exact) mass is 346 g/mol. The highest BCUT2D eigenvalue weighted by molar-refractivity contribution is 6.31. The van der Waals surface area contributed by atoms with Crippen LogP contribution in [-0.2, 0) is 0 Å². The van der Waals surface area contributed by atoms with Crippen molar-refractivity contribution in [2.24, 2.45) is 0 Å². The summed E-state index contributed by atoms with van der Waals surface area (Å²) in [4.78, 5) is 26.5. The quantitative estimate of drug-likeness (QED) is 0.772. The lowest BCUT2D eigenvalue weighted by molar-refractivity contribution is 0.0671. The third-order valence-electron chi connectivity index (χ3n) is 4.35. The van der Waals surface area contributed by atoms with Crippen LogP contribution in [0.5, 0.6) is 0 Å². The van der Waals surface area contributed by atoms with Gasteiger partial charge in [-0.25, -0.2) is 4.79 Å². The lowest BCUT2D eigenvalue weighted by Crippen LogP contribution is -2.42. The molecule has 3 aromatic rings. The second-order valence-corrected chi connectivity index (χ2v) is 6.30. The minimum absolute atomic E-state index is 0.115. The average molecular weight is 347 g/mol. The minimum Gasteiger partial charge on any atom is -0.408 e. The number of carbonyl (C=O) groups excluding carboxylic acids is 1. The van der Waals surface area contributed by atoms with Crippen LogP contribution in [0.25, 0.3) is 11.1 Å². The topological polar surface area (TPSA) is 84.1 Å². The van der Waals surface area contributed by atoms with Gasteiger partial charge in [-0.15, -0.1) is 0 Å². The Balaban J connectivity index is 1.67. The second kappa shape index (κ2) is 5.83. The molecule has 1 amide bonds. The van der Waals surface area contributed by atoms with Crippen molar-refractivity contribution in [3.05, 3.63) is 51.7 Å². The number of hydrogen-bond acceptors (Lipinski definition) is 4. The van der Waals surface area contributed by atoms with Crippen molar-refractivity contribution in [2.75, 3.05) is 13.1 Å². The van der Waals surface area contributed by atoms with Crippen LogP contribution in [0.2, 0.25) is 5.02 Å². The third-order valence-corrected chi connectivity index (χ3v) is 4.59. The number of benzene rings is 1. The molecule has 0 radical (unpaired) electrons. The van der Waals surface area contributed by atoms with Crippen molar-refractivity contribution >= 4 is 28.6 Å². The zero-order valence-electron chi connectivity index (χ0n) is 12.7. The van der Waals surface area contributed by atoms with Gasteiger partial charge >= 0.3 is 5.76 Å². The molecule has 0 bridgehead atoms. The number of nitrogens with zero attached hydrogens (tertiary/aromatic N) is 3. The van der Waals surface area contributed by atoms with E-state index in [0.717, 1.165) is 12.8 Å². The van der Waals surface area contributed by atoms with Crippen molar-refractivity contribution in [3.63, 3.8) is 0 Å². The molecule has 8 heteroatoms. The van der Waals surface area contributed by atoms with Gasteiger partial charge in [-0.2, -0.15) is 5.10 Å². The number of oxazole rings is 1. The molecule has 4 rings (SSSR count). The van der Waals surface area contributed by atoms with Crippen LogP contribution in [0.4, 0.5) is 0 Å². The molecular formula is C16H15ClN4O3. The van der Waals surface area contributed by atoms with Crippen LogP contribution < -0.4 is 5.76 Å². The summed E-state index contributed by atoms with van der Waals surface area (Å²) < 4.78 is 6.91. The first-order chi connectivity index (χ1) is 11.6. The van der Waals surface area contributed by atoms with E-state index in [0.29, 0.717) is 34.9 Å². The van der Waals surface area contributed by atoms with Crippen LogP contribution in [0, 0.1) is 0 Å². The molecule has 1 atom stereocenters. The highest BCUT2D eigenvalue weighted by atomic mass is 35.5. The van der Waals surface area contributed by atoms with Gasteiger partial charge in [-0.3, -0.25) is 14.5 Å². The Morgan fingerprint density at radius 1 is 1.38 bits per heavy atom. The largest absolute Gasteiger partial charge is 0.420 e. The van der Waals surface area contributed by atoms with Crippen molar-refractivity contribution in [1.29, 1.82) is 0 Å². The summed E-state index contributed by atoms with van der Waals surface area (Å²) in [5.74, 6) is -0.538. The summed E-state index contributed by atoms with van der Waals surface area (Å²) in [5, 5.41) is 7.04. The first kappa shape index (κ1) is 15.0. The molecule has 7 nitrogen and oxygen atoms in total. The molecule has 3 heterocycles. The molecule has 0 saturated carbocycles. The lowest BCUT2D eigenvalue weighted by Gasteiger charge is -2.32. The van der Waals surface area contributed by atoms with Gasteiger partial charge < -0.3 is 9.32 Å². The molecule has 0 aliphatic carbocycles. The molecule has 1 aliphatic heterocycles. The number of hydrogen-bond donors (Lipinski definition) is 1. The highest BCUT2D eigenvalue weighted by Crippen LogP contribution is 2.27. The van der Waals surface area contributed by atoms with Gasteiger partial charge in [-0.05, 0) is 37.1 Å². The number of aromatic nitrogens is 3. The molecule has 1 fully saturated rings. The van der Waals surface area contributed by atoms with E-state index in [2.05, 4.69) is 10.2 Å². The maximum atomic E-state index is 12.5. The molecule has 1 aromatic carbocycles. The number of nitrogens with one attached hydrogen (secondary N) is 1. The van der Waals surface area contributed by atoms with Crippen LogP contribution in [-0.4, -0.2) is 38.7 Å². The maximum Gasteiger partial charge on any atom is 0.420 e. The van der Waals surface area contributed by atoms with Crippen molar-refractivity contribution in [2.45, 2.75) is 18.9 Å². The molecule has 1 N–H and O–H groups in total. The van der Waals surface area contributed by atoms with Crippen LogP contribution >= 0.6 is 11.6 Å². The Morgan fingerprint density at radius 2 is 2.25 bits per heavy atom. The van der Waals surface area contributed by atoms with E-state index >= 15 is 0 Å². The predicted molar refractivity (Wildman–Crippen MR) is 88.2 cm³/mol.